The Bertz CT molecular complexity index is 1200. The van der Waals surface area contributed by atoms with Gasteiger partial charge in [0.2, 0.25) is 4.96 Å². The number of fused-ring (bicyclic) bond motifs is 2. The normalized spacial score (nSPS) is 16.9. The smallest absolute Gasteiger partial charge is 0.291 e. The molecule has 0 saturated heterocycles. The van der Waals surface area contributed by atoms with E-state index in [0.717, 1.165) is 5.56 Å². The number of hydrogen-bond acceptors (Lipinski definition) is 7. The zero-order valence-electron chi connectivity index (χ0n) is 13.4. The summed E-state index contributed by atoms with van der Waals surface area (Å²) in [5, 5.41) is 4.34. The lowest BCUT2D eigenvalue weighted by Gasteiger charge is -2.24. The highest BCUT2D eigenvalue weighted by atomic mass is 32.1. The Morgan fingerprint density at radius 3 is 2.77 bits per heavy atom. The molecule has 3 aromatic heterocycles. The molecule has 0 radical (unpaired) electrons. The first kappa shape index (κ1) is 15.0. The molecule has 128 valence electrons. The van der Waals surface area contributed by atoms with Gasteiger partial charge in [0.25, 0.3) is 5.56 Å². The van der Waals surface area contributed by atoms with Crippen LogP contribution in [0.2, 0.25) is 0 Å². The molecular formula is C18H12N4O3S. The van der Waals surface area contributed by atoms with Crippen molar-refractivity contribution >= 4 is 22.4 Å². The van der Waals surface area contributed by atoms with Gasteiger partial charge in [0, 0.05) is 12.4 Å². The molecule has 26 heavy (non-hydrogen) atoms. The van der Waals surface area contributed by atoms with E-state index in [4.69, 9.17) is 9.47 Å². The van der Waals surface area contributed by atoms with Crippen LogP contribution in [0.15, 0.2) is 53.6 Å². The Morgan fingerprint density at radius 2 is 1.96 bits per heavy atom. The molecule has 0 N–H and O–H groups in total. The van der Waals surface area contributed by atoms with Gasteiger partial charge in [0.15, 0.2) is 23.4 Å². The molecule has 0 amide bonds. The summed E-state index contributed by atoms with van der Waals surface area (Å²) in [6.45, 7) is 0.305. The fraction of sp³-hybridized carbons (Fsp3) is 0.111. The van der Waals surface area contributed by atoms with Crippen LogP contribution in [-0.4, -0.2) is 26.2 Å². The van der Waals surface area contributed by atoms with Crippen LogP contribution < -0.4 is 19.6 Å². The number of thiazole rings is 1. The molecule has 0 fully saturated rings. The van der Waals surface area contributed by atoms with Crippen LogP contribution in [0.25, 0.3) is 11.0 Å². The highest BCUT2D eigenvalue weighted by molar-refractivity contribution is 7.15. The number of pyridine rings is 1. The number of aromatic nitrogens is 4. The third-order valence-corrected chi connectivity index (χ3v) is 4.96. The van der Waals surface area contributed by atoms with Gasteiger partial charge in [-0.05, 0) is 35.9 Å². The number of hydrogen-bond donors (Lipinski definition) is 0. The van der Waals surface area contributed by atoms with E-state index in [2.05, 4.69) is 15.1 Å². The van der Waals surface area contributed by atoms with Crippen LogP contribution in [-0.2, 0) is 0 Å². The van der Waals surface area contributed by atoms with Crippen LogP contribution in [0.5, 0.6) is 11.5 Å². The van der Waals surface area contributed by atoms with Gasteiger partial charge in [-0.3, -0.25) is 9.78 Å². The molecular weight excluding hydrogens is 352 g/mol. The molecule has 1 aliphatic rings. The Labute approximate surface area is 151 Å². The van der Waals surface area contributed by atoms with Crippen LogP contribution >= 0.6 is 11.3 Å². The summed E-state index contributed by atoms with van der Waals surface area (Å²) < 4.78 is 13.5. The highest BCUT2D eigenvalue weighted by Crippen LogP contribution is 2.35. The van der Waals surface area contributed by atoms with E-state index in [0.29, 0.717) is 33.4 Å². The van der Waals surface area contributed by atoms with Crippen molar-refractivity contribution in [1.82, 2.24) is 19.6 Å². The van der Waals surface area contributed by atoms with Crippen molar-refractivity contribution in [2.45, 2.75) is 6.10 Å². The summed E-state index contributed by atoms with van der Waals surface area (Å²) >= 11 is 1.29. The first-order valence-corrected chi connectivity index (χ1v) is 8.79. The quantitative estimate of drug-likeness (QED) is 0.538. The van der Waals surface area contributed by atoms with Crippen LogP contribution in [0.1, 0.15) is 17.5 Å². The molecule has 0 saturated carbocycles. The molecule has 5 rings (SSSR count). The summed E-state index contributed by atoms with van der Waals surface area (Å²) in [6.07, 6.45) is 4.73. The lowest BCUT2D eigenvalue weighted by atomic mass is 10.2. The van der Waals surface area contributed by atoms with E-state index in [1.54, 1.807) is 18.5 Å². The monoisotopic (exact) mass is 364 g/mol. The highest BCUT2D eigenvalue weighted by Gasteiger charge is 2.26. The molecule has 4 heterocycles. The van der Waals surface area contributed by atoms with Gasteiger partial charge in [0.05, 0.1) is 4.53 Å². The number of rotatable bonds is 2. The van der Waals surface area contributed by atoms with Crippen molar-refractivity contribution in [3.8, 4) is 11.5 Å². The van der Waals surface area contributed by atoms with Crippen molar-refractivity contribution < 1.29 is 9.47 Å². The lowest BCUT2D eigenvalue weighted by molar-refractivity contribution is 0.0852. The average Bonchev–Trinajstić information content (AvgIpc) is 3.22. The van der Waals surface area contributed by atoms with E-state index >= 15 is 0 Å². The standard InChI is InChI=1S/C18H12N4O3S/c23-17-15(9-11-5-7-19-8-6-11)26-18-20-16(21-22(17)18)14-10-24-12-3-1-2-4-13(12)25-14/h1-9,14H,10H2/b15-9-. The third-order valence-electron chi connectivity index (χ3n) is 4.00. The van der Waals surface area contributed by atoms with E-state index in [1.807, 2.05) is 36.4 Å². The molecule has 8 heteroatoms. The number of para-hydroxylation sites is 2. The second-order valence-electron chi connectivity index (χ2n) is 5.72. The Balaban J connectivity index is 1.51. The summed E-state index contributed by atoms with van der Waals surface area (Å²) in [7, 11) is 0. The molecule has 1 aromatic carbocycles. The first-order chi connectivity index (χ1) is 12.8. The van der Waals surface area contributed by atoms with Gasteiger partial charge in [-0.15, -0.1) is 5.10 Å². The van der Waals surface area contributed by atoms with Gasteiger partial charge in [-0.2, -0.15) is 9.50 Å². The van der Waals surface area contributed by atoms with Crippen molar-refractivity contribution in [2.24, 2.45) is 0 Å². The fourth-order valence-electron chi connectivity index (χ4n) is 2.74. The number of nitrogens with zero attached hydrogens (tertiary/aromatic N) is 4. The maximum absolute atomic E-state index is 12.6. The molecule has 1 atom stereocenters. The van der Waals surface area contributed by atoms with Crippen LogP contribution in [0, 0.1) is 0 Å². The summed E-state index contributed by atoms with van der Waals surface area (Å²) in [5.41, 5.74) is 0.708. The van der Waals surface area contributed by atoms with Crippen LogP contribution in [0.3, 0.4) is 0 Å². The number of ether oxygens (including phenoxy) is 2. The van der Waals surface area contributed by atoms with Gasteiger partial charge in [-0.1, -0.05) is 23.5 Å². The van der Waals surface area contributed by atoms with E-state index in [9.17, 15) is 4.79 Å². The minimum absolute atomic E-state index is 0.197. The Morgan fingerprint density at radius 1 is 1.15 bits per heavy atom. The molecule has 1 aliphatic heterocycles. The largest absolute Gasteiger partial charge is 0.485 e. The lowest BCUT2D eigenvalue weighted by Crippen LogP contribution is -2.26. The van der Waals surface area contributed by atoms with Crippen molar-refractivity contribution in [3.63, 3.8) is 0 Å². The zero-order chi connectivity index (χ0) is 17.5. The molecule has 1 unspecified atom stereocenters. The van der Waals surface area contributed by atoms with Crippen molar-refractivity contribution in [1.29, 1.82) is 0 Å². The van der Waals surface area contributed by atoms with Crippen molar-refractivity contribution in [3.05, 3.63) is 75.1 Å². The second-order valence-corrected chi connectivity index (χ2v) is 6.73. The number of benzene rings is 1. The van der Waals surface area contributed by atoms with Crippen LogP contribution in [0.4, 0.5) is 0 Å². The van der Waals surface area contributed by atoms with Gasteiger partial charge >= 0.3 is 0 Å². The average molecular weight is 364 g/mol. The maximum atomic E-state index is 12.6. The van der Waals surface area contributed by atoms with Crippen molar-refractivity contribution in [2.75, 3.05) is 6.61 Å². The Kier molecular flexibility index (Phi) is 3.42. The maximum Gasteiger partial charge on any atom is 0.291 e. The van der Waals surface area contributed by atoms with Gasteiger partial charge < -0.3 is 9.47 Å². The van der Waals surface area contributed by atoms with E-state index in [1.165, 1.54) is 15.9 Å². The van der Waals surface area contributed by atoms with E-state index in [-0.39, 0.29) is 5.56 Å². The third kappa shape index (κ3) is 2.51. The summed E-state index contributed by atoms with van der Waals surface area (Å²) in [4.78, 5) is 21.6. The van der Waals surface area contributed by atoms with E-state index < -0.39 is 6.10 Å². The summed E-state index contributed by atoms with van der Waals surface area (Å²) in [5.74, 6) is 1.79. The minimum Gasteiger partial charge on any atom is -0.485 e. The molecule has 0 spiro atoms. The minimum atomic E-state index is -0.441. The zero-order valence-corrected chi connectivity index (χ0v) is 14.2. The topological polar surface area (TPSA) is 78.6 Å². The molecule has 0 bridgehead atoms. The molecule has 7 nitrogen and oxygen atoms in total. The first-order valence-electron chi connectivity index (χ1n) is 7.98. The SMILES string of the molecule is O=c1/c(=C/c2ccncc2)sc2nc(C3COc4ccccc4O3)nn12. The Hall–Kier alpha value is -3.26. The van der Waals surface area contributed by atoms with Gasteiger partial charge in [0.1, 0.15) is 6.61 Å². The summed E-state index contributed by atoms with van der Waals surface area (Å²) in [6, 6.07) is 11.1. The molecule has 4 aromatic rings. The predicted molar refractivity (Wildman–Crippen MR) is 95.5 cm³/mol. The predicted octanol–water partition coefficient (Wildman–Crippen LogP) is 1.61. The fourth-order valence-corrected chi connectivity index (χ4v) is 3.66. The molecule has 0 aliphatic carbocycles. The second kappa shape index (κ2) is 5.92. The van der Waals surface area contributed by atoms with Gasteiger partial charge in [-0.25, -0.2) is 0 Å².